The Morgan fingerprint density at radius 2 is 1.96 bits per heavy atom. The van der Waals surface area contributed by atoms with Crippen LogP contribution in [0.5, 0.6) is 5.75 Å². The number of aromatic nitrogens is 1. The molecule has 1 aromatic heterocycles. The molecule has 0 fully saturated rings. The highest BCUT2D eigenvalue weighted by Gasteiger charge is 2.29. The quantitative estimate of drug-likeness (QED) is 0.516. The van der Waals surface area contributed by atoms with E-state index in [-0.39, 0.29) is 12.3 Å². The Morgan fingerprint density at radius 1 is 1.18 bits per heavy atom. The van der Waals surface area contributed by atoms with E-state index in [1.54, 1.807) is 23.9 Å². The molecule has 0 saturated heterocycles. The van der Waals surface area contributed by atoms with E-state index >= 15 is 0 Å². The van der Waals surface area contributed by atoms with E-state index in [2.05, 4.69) is 10.3 Å². The second kappa shape index (κ2) is 7.98. The molecule has 3 rings (SSSR count). The Kier molecular flexibility index (Phi) is 5.65. The van der Waals surface area contributed by atoms with E-state index in [1.165, 1.54) is 13.8 Å². The molecule has 28 heavy (non-hydrogen) atoms. The number of amides is 1. The van der Waals surface area contributed by atoms with Crippen LogP contribution >= 0.6 is 11.8 Å². The van der Waals surface area contributed by atoms with Gasteiger partial charge in [0.15, 0.2) is 5.60 Å². The van der Waals surface area contributed by atoms with Gasteiger partial charge in [0.25, 0.3) is 0 Å². The predicted octanol–water partition coefficient (Wildman–Crippen LogP) is 4.31. The predicted molar refractivity (Wildman–Crippen MR) is 111 cm³/mol. The minimum atomic E-state index is -1.33. The lowest BCUT2D eigenvalue weighted by atomic mass is 10.1. The average Bonchev–Trinajstić information content (AvgIpc) is 3.02. The lowest BCUT2D eigenvalue weighted by Gasteiger charge is -2.21. The van der Waals surface area contributed by atoms with E-state index < -0.39 is 11.6 Å². The maximum atomic E-state index is 12.4. The van der Waals surface area contributed by atoms with Gasteiger partial charge in [0.05, 0.1) is 6.42 Å². The van der Waals surface area contributed by atoms with Crippen molar-refractivity contribution in [2.24, 2.45) is 0 Å². The Bertz CT molecular complexity index is 1030. The summed E-state index contributed by atoms with van der Waals surface area (Å²) in [5, 5.41) is 13.0. The Labute approximate surface area is 167 Å². The van der Waals surface area contributed by atoms with Crippen LogP contribution in [0.25, 0.3) is 10.9 Å². The minimum absolute atomic E-state index is 0.117. The van der Waals surface area contributed by atoms with Crippen LogP contribution in [0.1, 0.15) is 19.5 Å². The summed E-state index contributed by atoms with van der Waals surface area (Å²) in [7, 11) is 0. The van der Waals surface area contributed by atoms with Crippen LogP contribution in [-0.2, 0) is 16.0 Å². The highest BCUT2D eigenvalue weighted by atomic mass is 32.2. The molecular formula is C21H22N2O4S. The molecule has 0 aliphatic heterocycles. The van der Waals surface area contributed by atoms with Gasteiger partial charge in [-0.2, -0.15) is 0 Å². The number of benzene rings is 2. The molecule has 3 N–H and O–H groups in total. The number of H-pyrrole nitrogens is 1. The summed E-state index contributed by atoms with van der Waals surface area (Å²) in [4.78, 5) is 27.9. The minimum Gasteiger partial charge on any atom is -0.478 e. The van der Waals surface area contributed by atoms with Crippen LogP contribution in [-0.4, -0.2) is 33.8 Å². The zero-order valence-corrected chi connectivity index (χ0v) is 16.7. The van der Waals surface area contributed by atoms with E-state index in [0.29, 0.717) is 5.75 Å². The Balaban J connectivity index is 1.71. The van der Waals surface area contributed by atoms with E-state index in [9.17, 15) is 14.7 Å². The smallest absolute Gasteiger partial charge is 0.347 e. The number of hydrogen-bond acceptors (Lipinski definition) is 4. The number of carboxylic acids is 1. The molecule has 0 radical (unpaired) electrons. The van der Waals surface area contributed by atoms with Gasteiger partial charge in [-0.1, -0.05) is 6.07 Å². The number of rotatable bonds is 7. The van der Waals surface area contributed by atoms with Crippen LogP contribution in [0.3, 0.4) is 0 Å². The molecule has 0 unspecified atom stereocenters. The van der Waals surface area contributed by atoms with Crippen molar-refractivity contribution in [1.82, 2.24) is 4.98 Å². The fraction of sp³-hybridized carbons (Fsp3) is 0.238. The largest absolute Gasteiger partial charge is 0.478 e. The van der Waals surface area contributed by atoms with Gasteiger partial charge in [-0.3, -0.25) is 4.79 Å². The molecule has 0 aliphatic rings. The van der Waals surface area contributed by atoms with Crippen molar-refractivity contribution in [2.75, 3.05) is 11.6 Å². The molecule has 7 heteroatoms. The molecule has 0 saturated carbocycles. The van der Waals surface area contributed by atoms with Gasteiger partial charge in [-0.15, -0.1) is 11.8 Å². The van der Waals surface area contributed by atoms with Crippen molar-refractivity contribution < 1.29 is 19.4 Å². The first-order chi connectivity index (χ1) is 13.3. The molecule has 2 aromatic carbocycles. The fourth-order valence-electron chi connectivity index (χ4n) is 2.74. The number of thioether (sulfide) groups is 1. The van der Waals surface area contributed by atoms with Crippen molar-refractivity contribution in [3.8, 4) is 5.75 Å². The van der Waals surface area contributed by atoms with Crippen molar-refractivity contribution in [3.63, 3.8) is 0 Å². The maximum Gasteiger partial charge on any atom is 0.347 e. The van der Waals surface area contributed by atoms with Crippen LogP contribution in [0.4, 0.5) is 5.69 Å². The second-order valence-corrected chi connectivity index (χ2v) is 7.80. The Hall–Kier alpha value is -2.93. The molecule has 0 aliphatic carbocycles. The Morgan fingerprint density at radius 3 is 2.68 bits per heavy atom. The topological polar surface area (TPSA) is 91.4 Å². The molecule has 0 spiro atoms. The number of aromatic amines is 1. The van der Waals surface area contributed by atoms with Gasteiger partial charge < -0.3 is 20.1 Å². The monoisotopic (exact) mass is 398 g/mol. The average molecular weight is 398 g/mol. The van der Waals surface area contributed by atoms with Crippen molar-refractivity contribution in [2.45, 2.75) is 30.8 Å². The highest BCUT2D eigenvalue weighted by molar-refractivity contribution is 7.98. The summed E-state index contributed by atoms with van der Waals surface area (Å²) in [5.74, 6) is -0.707. The van der Waals surface area contributed by atoms with Crippen LogP contribution < -0.4 is 10.1 Å². The van der Waals surface area contributed by atoms with Crippen LogP contribution in [0.2, 0.25) is 0 Å². The molecule has 1 heterocycles. The third-order valence-electron chi connectivity index (χ3n) is 4.24. The first kappa shape index (κ1) is 19.8. The number of ether oxygens (including phenoxy) is 1. The van der Waals surface area contributed by atoms with Gasteiger partial charge in [0, 0.05) is 27.9 Å². The highest BCUT2D eigenvalue weighted by Crippen LogP contribution is 2.25. The number of fused-ring (bicyclic) bond motifs is 1. The zero-order valence-electron chi connectivity index (χ0n) is 15.9. The molecule has 1 amide bonds. The summed E-state index contributed by atoms with van der Waals surface area (Å²) >= 11 is 1.62. The lowest BCUT2D eigenvalue weighted by molar-refractivity contribution is -0.152. The first-order valence-electron chi connectivity index (χ1n) is 8.75. The number of hydrogen-bond donors (Lipinski definition) is 3. The third-order valence-corrected chi connectivity index (χ3v) is 4.97. The van der Waals surface area contributed by atoms with E-state index in [1.807, 2.05) is 42.7 Å². The second-order valence-electron chi connectivity index (χ2n) is 6.92. The number of carbonyl (C=O) groups excluding carboxylic acids is 1. The van der Waals surface area contributed by atoms with Crippen molar-refractivity contribution in [3.05, 3.63) is 54.2 Å². The maximum absolute atomic E-state index is 12.4. The third kappa shape index (κ3) is 4.67. The van der Waals surface area contributed by atoms with Gasteiger partial charge in [-0.05, 0) is 61.9 Å². The summed E-state index contributed by atoms with van der Waals surface area (Å²) in [5.41, 5.74) is 0.988. The molecular weight excluding hydrogens is 376 g/mol. The van der Waals surface area contributed by atoms with Gasteiger partial charge in [0.2, 0.25) is 5.91 Å². The zero-order chi connectivity index (χ0) is 20.3. The van der Waals surface area contributed by atoms with Crippen molar-refractivity contribution >= 4 is 40.2 Å². The lowest BCUT2D eigenvalue weighted by Crippen LogP contribution is -2.37. The van der Waals surface area contributed by atoms with E-state index in [4.69, 9.17) is 4.74 Å². The number of carbonyl (C=O) groups is 2. The molecule has 0 bridgehead atoms. The SMILES string of the molecule is CSc1cccc(NC(=O)Cc2cc3ccc(OC(C)(C)C(=O)O)cc3[nH]2)c1. The molecule has 146 valence electrons. The number of anilines is 1. The van der Waals surface area contributed by atoms with Crippen molar-refractivity contribution in [1.29, 1.82) is 0 Å². The number of aliphatic carboxylic acids is 1. The molecule has 6 nitrogen and oxygen atoms in total. The van der Waals surface area contributed by atoms with Gasteiger partial charge >= 0.3 is 5.97 Å². The summed E-state index contributed by atoms with van der Waals surface area (Å²) < 4.78 is 5.56. The van der Waals surface area contributed by atoms with Gasteiger partial charge in [0.1, 0.15) is 5.75 Å². The molecule has 3 aromatic rings. The standard InChI is InChI=1S/C21H22N2O4S/c1-21(2,20(25)26)27-16-8-7-13-9-15(22-18(13)12-16)11-19(24)23-14-5-4-6-17(10-14)28-3/h4-10,12,22H,11H2,1-3H3,(H,23,24)(H,25,26). The fourth-order valence-corrected chi connectivity index (χ4v) is 3.20. The van der Waals surface area contributed by atoms with Crippen LogP contribution in [0.15, 0.2) is 53.4 Å². The summed E-state index contributed by atoms with van der Waals surface area (Å²) in [6, 6.07) is 14.9. The van der Waals surface area contributed by atoms with E-state index in [0.717, 1.165) is 27.2 Å². The first-order valence-corrected chi connectivity index (χ1v) is 9.97. The normalized spacial score (nSPS) is 11.4. The van der Waals surface area contributed by atoms with Gasteiger partial charge in [-0.25, -0.2) is 4.79 Å². The summed E-state index contributed by atoms with van der Waals surface area (Å²) in [6.07, 6.45) is 2.19. The van der Waals surface area contributed by atoms with Crippen LogP contribution in [0, 0.1) is 0 Å². The number of nitrogens with one attached hydrogen (secondary N) is 2. The molecule has 0 atom stereocenters. The summed E-state index contributed by atoms with van der Waals surface area (Å²) in [6.45, 7) is 2.99. The number of carboxylic acid groups (broad SMARTS) is 1.